The molecule has 0 unspecified atom stereocenters. The monoisotopic (exact) mass is 276 g/mol. The van der Waals surface area contributed by atoms with Gasteiger partial charge < -0.3 is 10.6 Å². The Morgan fingerprint density at radius 3 is 2.35 bits per heavy atom. The van der Waals surface area contributed by atoms with Gasteiger partial charge in [0.05, 0.1) is 0 Å². The van der Waals surface area contributed by atoms with Crippen molar-refractivity contribution in [3.63, 3.8) is 0 Å². The molecule has 0 aliphatic heterocycles. The van der Waals surface area contributed by atoms with Gasteiger partial charge in [-0.15, -0.1) is 0 Å². The second kappa shape index (κ2) is 7.46. The van der Waals surface area contributed by atoms with Crippen molar-refractivity contribution in [3.05, 3.63) is 11.9 Å². The lowest BCUT2D eigenvalue weighted by atomic mass is 9.89. The molecule has 0 saturated heterocycles. The van der Waals surface area contributed by atoms with Crippen molar-refractivity contribution < 1.29 is 0 Å². The van der Waals surface area contributed by atoms with Gasteiger partial charge in [0.2, 0.25) is 0 Å². The summed E-state index contributed by atoms with van der Waals surface area (Å²) in [7, 11) is 0. The Hall–Kier alpha value is -1.32. The second-order valence-electron chi connectivity index (χ2n) is 6.05. The molecule has 0 spiro atoms. The highest BCUT2D eigenvalue weighted by Crippen LogP contribution is 2.29. The highest BCUT2D eigenvalue weighted by Gasteiger charge is 2.17. The third kappa shape index (κ3) is 3.84. The molecule has 20 heavy (non-hydrogen) atoms. The summed E-state index contributed by atoms with van der Waals surface area (Å²) in [6.45, 7) is 8.43. The van der Waals surface area contributed by atoms with Crippen LogP contribution in [0.5, 0.6) is 0 Å². The van der Waals surface area contributed by atoms with Crippen molar-refractivity contribution in [1.82, 2.24) is 9.97 Å². The minimum atomic E-state index is 0.416. The lowest BCUT2D eigenvalue weighted by molar-refractivity contribution is 0.373. The molecule has 0 radical (unpaired) electrons. The van der Waals surface area contributed by atoms with E-state index in [4.69, 9.17) is 0 Å². The first-order valence-corrected chi connectivity index (χ1v) is 8.05. The topological polar surface area (TPSA) is 49.8 Å². The van der Waals surface area contributed by atoms with Crippen LogP contribution in [0.2, 0.25) is 0 Å². The molecule has 0 bridgehead atoms. The SMILES string of the molecule is CCNc1ncnc(NCC2CCCCC2)c1C(C)C. The van der Waals surface area contributed by atoms with Gasteiger partial charge in [-0.3, -0.25) is 0 Å². The normalized spacial score (nSPS) is 16.4. The van der Waals surface area contributed by atoms with Crippen LogP contribution in [-0.2, 0) is 0 Å². The molecule has 2 N–H and O–H groups in total. The quantitative estimate of drug-likeness (QED) is 0.824. The molecule has 1 heterocycles. The average Bonchev–Trinajstić information content (AvgIpc) is 2.46. The van der Waals surface area contributed by atoms with Crippen molar-refractivity contribution in [1.29, 1.82) is 0 Å². The van der Waals surface area contributed by atoms with E-state index in [1.165, 1.54) is 37.7 Å². The molecule has 1 fully saturated rings. The Kier molecular flexibility index (Phi) is 5.62. The van der Waals surface area contributed by atoms with Crippen LogP contribution in [0.4, 0.5) is 11.6 Å². The van der Waals surface area contributed by atoms with Gasteiger partial charge in [0.25, 0.3) is 0 Å². The Labute approximate surface area is 122 Å². The molecule has 4 heteroatoms. The van der Waals surface area contributed by atoms with Crippen LogP contribution in [-0.4, -0.2) is 23.1 Å². The largest absolute Gasteiger partial charge is 0.370 e. The average molecular weight is 276 g/mol. The lowest BCUT2D eigenvalue weighted by Gasteiger charge is -2.23. The van der Waals surface area contributed by atoms with Crippen molar-refractivity contribution in [2.24, 2.45) is 5.92 Å². The Morgan fingerprint density at radius 2 is 1.75 bits per heavy atom. The van der Waals surface area contributed by atoms with Crippen molar-refractivity contribution in [2.45, 2.75) is 58.8 Å². The van der Waals surface area contributed by atoms with E-state index in [-0.39, 0.29) is 0 Å². The summed E-state index contributed by atoms with van der Waals surface area (Å²) in [6, 6.07) is 0. The maximum atomic E-state index is 4.47. The molecule has 1 aliphatic carbocycles. The van der Waals surface area contributed by atoms with Crippen molar-refractivity contribution >= 4 is 11.6 Å². The third-order valence-electron chi connectivity index (χ3n) is 4.09. The Balaban J connectivity index is 2.07. The molecule has 0 atom stereocenters. The number of hydrogen-bond acceptors (Lipinski definition) is 4. The zero-order valence-electron chi connectivity index (χ0n) is 13.1. The van der Waals surface area contributed by atoms with Crippen LogP contribution in [0.1, 0.15) is 64.4 Å². The van der Waals surface area contributed by atoms with Crippen LogP contribution in [0, 0.1) is 5.92 Å². The number of hydrogen-bond donors (Lipinski definition) is 2. The fraction of sp³-hybridized carbons (Fsp3) is 0.750. The van der Waals surface area contributed by atoms with E-state index < -0.39 is 0 Å². The van der Waals surface area contributed by atoms with Gasteiger partial charge in [-0.2, -0.15) is 0 Å². The minimum Gasteiger partial charge on any atom is -0.370 e. The predicted molar refractivity (Wildman–Crippen MR) is 85.3 cm³/mol. The molecule has 0 aromatic carbocycles. The Bertz CT molecular complexity index is 411. The first kappa shape index (κ1) is 15.1. The van der Waals surface area contributed by atoms with Crippen molar-refractivity contribution in [3.8, 4) is 0 Å². The van der Waals surface area contributed by atoms with Gasteiger partial charge in [0.1, 0.15) is 18.0 Å². The summed E-state index contributed by atoms with van der Waals surface area (Å²) < 4.78 is 0. The number of rotatable bonds is 6. The number of anilines is 2. The molecule has 4 nitrogen and oxygen atoms in total. The van der Waals surface area contributed by atoms with E-state index in [1.54, 1.807) is 6.33 Å². The van der Waals surface area contributed by atoms with Crippen LogP contribution < -0.4 is 10.6 Å². The summed E-state index contributed by atoms with van der Waals surface area (Å²) in [5.41, 5.74) is 1.21. The molecule has 2 rings (SSSR count). The number of aromatic nitrogens is 2. The van der Waals surface area contributed by atoms with E-state index >= 15 is 0 Å². The maximum absolute atomic E-state index is 4.47. The highest BCUT2D eigenvalue weighted by molar-refractivity contribution is 5.58. The third-order valence-corrected chi connectivity index (χ3v) is 4.09. The molecular formula is C16H28N4. The van der Waals surface area contributed by atoms with Crippen LogP contribution in [0.3, 0.4) is 0 Å². The van der Waals surface area contributed by atoms with Crippen LogP contribution >= 0.6 is 0 Å². The molecular weight excluding hydrogens is 248 g/mol. The first-order valence-electron chi connectivity index (χ1n) is 8.05. The van der Waals surface area contributed by atoms with Gasteiger partial charge in [-0.05, 0) is 31.6 Å². The fourth-order valence-corrected chi connectivity index (χ4v) is 3.02. The van der Waals surface area contributed by atoms with Crippen molar-refractivity contribution in [2.75, 3.05) is 23.7 Å². The zero-order valence-corrected chi connectivity index (χ0v) is 13.1. The molecule has 1 aliphatic rings. The van der Waals surface area contributed by atoms with Gasteiger partial charge >= 0.3 is 0 Å². The van der Waals surface area contributed by atoms with Crippen LogP contribution in [0.25, 0.3) is 0 Å². The minimum absolute atomic E-state index is 0.416. The molecule has 1 aromatic rings. The summed E-state index contributed by atoms with van der Waals surface area (Å²) >= 11 is 0. The number of nitrogens with one attached hydrogen (secondary N) is 2. The number of nitrogens with zero attached hydrogens (tertiary/aromatic N) is 2. The van der Waals surface area contributed by atoms with E-state index in [0.717, 1.165) is 30.6 Å². The van der Waals surface area contributed by atoms with E-state index in [2.05, 4.69) is 41.4 Å². The summed E-state index contributed by atoms with van der Waals surface area (Å²) in [4.78, 5) is 8.85. The summed E-state index contributed by atoms with van der Waals surface area (Å²) in [6.07, 6.45) is 8.55. The van der Waals surface area contributed by atoms with Gasteiger partial charge in [0, 0.05) is 18.7 Å². The Morgan fingerprint density at radius 1 is 1.10 bits per heavy atom. The standard InChI is InChI=1S/C16H28N4/c1-4-17-15-14(12(2)3)16(20-11-19-15)18-10-13-8-6-5-7-9-13/h11-13H,4-10H2,1-3H3,(H2,17,18,19,20). The van der Waals surface area contributed by atoms with E-state index in [1.807, 2.05) is 0 Å². The highest BCUT2D eigenvalue weighted by atomic mass is 15.1. The molecule has 112 valence electrons. The molecule has 1 aromatic heterocycles. The van der Waals surface area contributed by atoms with E-state index in [0.29, 0.717) is 5.92 Å². The smallest absolute Gasteiger partial charge is 0.134 e. The maximum Gasteiger partial charge on any atom is 0.134 e. The predicted octanol–water partition coefficient (Wildman–Crippen LogP) is 4.02. The van der Waals surface area contributed by atoms with Gasteiger partial charge in [-0.25, -0.2) is 9.97 Å². The van der Waals surface area contributed by atoms with Gasteiger partial charge in [0.15, 0.2) is 0 Å². The van der Waals surface area contributed by atoms with E-state index in [9.17, 15) is 0 Å². The second-order valence-corrected chi connectivity index (χ2v) is 6.05. The summed E-state index contributed by atoms with van der Waals surface area (Å²) in [5.74, 6) is 3.21. The van der Waals surface area contributed by atoms with Gasteiger partial charge in [-0.1, -0.05) is 33.1 Å². The summed E-state index contributed by atoms with van der Waals surface area (Å²) in [5, 5.41) is 6.92. The molecule has 0 amide bonds. The first-order chi connectivity index (χ1) is 9.72. The zero-order chi connectivity index (χ0) is 14.4. The fourth-order valence-electron chi connectivity index (χ4n) is 3.02. The lowest BCUT2D eigenvalue weighted by Crippen LogP contribution is -2.19. The van der Waals surface area contributed by atoms with Crippen LogP contribution in [0.15, 0.2) is 6.33 Å². The molecule has 1 saturated carbocycles.